The average molecular weight is 350 g/mol. The van der Waals surface area contributed by atoms with E-state index in [1.165, 1.54) is 11.3 Å². The minimum Gasteiger partial charge on any atom is -0.486 e. The molecule has 5 nitrogen and oxygen atoms in total. The number of ether oxygens (including phenoxy) is 1. The van der Waals surface area contributed by atoms with E-state index < -0.39 is 0 Å². The van der Waals surface area contributed by atoms with Crippen molar-refractivity contribution in [3.05, 3.63) is 77.7 Å². The van der Waals surface area contributed by atoms with Crippen LogP contribution in [0.3, 0.4) is 0 Å². The molecule has 0 aliphatic rings. The number of amides is 1. The van der Waals surface area contributed by atoms with Gasteiger partial charge in [0.05, 0.1) is 0 Å². The third-order valence-corrected chi connectivity index (χ3v) is 4.33. The molecule has 0 radical (unpaired) electrons. The maximum absolute atomic E-state index is 12.1. The highest BCUT2D eigenvalue weighted by Crippen LogP contribution is 2.22. The van der Waals surface area contributed by atoms with Crippen LogP contribution in [0.2, 0.25) is 0 Å². The van der Waals surface area contributed by atoms with Crippen LogP contribution in [0.5, 0.6) is 5.75 Å². The standard InChI is InChI=1S/C19H14N2O3S/c22-18(21-19-20-9-10-25-19)17-8-7-16(24-17)12-23-15-6-5-13-3-1-2-4-14(13)11-15/h1-11H,12H2,(H,20,21,22). The lowest BCUT2D eigenvalue weighted by Gasteiger charge is -2.05. The van der Waals surface area contributed by atoms with Gasteiger partial charge in [0.1, 0.15) is 18.1 Å². The van der Waals surface area contributed by atoms with Gasteiger partial charge in [0.2, 0.25) is 0 Å². The first kappa shape index (κ1) is 15.4. The van der Waals surface area contributed by atoms with Crippen LogP contribution in [0.25, 0.3) is 10.8 Å². The Hall–Kier alpha value is -3.12. The fourth-order valence-electron chi connectivity index (χ4n) is 2.43. The second-order valence-corrected chi connectivity index (χ2v) is 6.25. The van der Waals surface area contributed by atoms with E-state index >= 15 is 0 Å². The summed E-state index contributed by atoms with van der Waals surface area (Å²) in [6.07, 6.45) is 1.63. The van der Waals surface area contributed by atoms with Crippen LogP contribution >= 0.6 is 11.3 Å². The van der Waals surface area contributed by atoms with Crippen LogP contribution in [-0.2, 0) is 6.61 Å². The molecule has 0 aliphatic heterocycles. The Kier molecular flexibility index (Phi) is 4.18. The molecule has 0 aliphatic carbocycles. The summed E-state index contributed by atoms with van der Waals surface area (Å²) < 4.78 is 11.3. The van der Waals surface area contributed by atoms with E-state index in [9.17, 15) is 4.79 Å². The van der Waals surface area contributed by atoms with Crippen molar-refractivity contribution in [3.8, 4) is 5.75 Å². The van der Waals surface area contributed by atoms with Crippen molar-refractivity contribution in [3.63, 3.8) is 0 Å². The largest absolute Gasteiger partial charge is 0.486 e. The number of aromatic nitrogens is 1. The lowest BCUT2D eigenvalue weighted by atomic mass is 10.1. The number of furan rings is 1. The number of benzene rings is 2. The molecular formula is C19H14N2O3S. The number of carbonyl (C=O) groups is 1. The highest BCUT2D eigenvalue weighted by atomic mass is 32.1. The Labute approximate surface area is 147 Å². The van der Waals surface area contributed by atoms with Gasteiger partial charge in [-0.2, -0.15) is 0 Å². The predicted octanol–water partition coefficient (Wildman–Crippen LogP) is 4.72. The number of nitrogens with zero attached hydrogens (tertiary/aromatic N) is 1. The zero-order valence-corrected chi connectivity index (χ0v) is 14.0. The van der Waals surface area contributed by atoms with Crippen LogP contribution in [0.4, 0.5) is 5.13 Å². The van der Waals surface area contributed by atoms with Gasteiger partial charge in [-0.05, 0) is 35.0 Å². The molecule has 1 N–H and O–H groups in total. The molecule has 4 rings (SSSR count). The first-order valence-corrected chi connectivity index (χ1v) is 8.57. The maximum Gasteiger partial charge on any atom is 0.293 e. The molecule has 2 aromatic carbocycles. The first-order chi connectivity index (χ1) is 12.3. The topological polar surface area (TPSA) is 64.4 Å². The minimum absolute atomic E-state index is 0.229. The van der Waals surface area contributed by atoms with Crippen LogP contribution in [0.1, 0.15) is 16.3 Å². The molecule has 25 heavy (non-hydrogen) atoms. The van der Waals surface area contributed by atoms with Gasteiger partial charge in [-0.25, -0.2) is 4.98 Å². The number of hydrogen-bond donors (Lipinski definition) is 1. The predicted molar refractivity (Wildman–Crippen MR) is 97.1 cm³/mol. The molecule has 2 heterocycles. The summed E-state index contributed by atoms with van der Waals surface area (Å²) in [5.74, 6) is 1.24. The monoisotopic (exact) mass is 350 g/mol. The van der Waals surface area contributed by atoms with Crippen molar-refractivity contribution < 1.29 is 13.9 Å². The van der Waals surface area contributed by atoms with Gasteiger partial charge in [0, 0.05) is 11.6 Å². The minimum atomic E-state index is -0.327. The number of anilines is 1. The van der Waals surface area contributed by atoms with Gasteiger partial charge in [0.15, 0.2) is 10.9 Å². The van der Waals surface area contributed by atoms with Crippen molar-refractivity contribution in [1.82, 2.24) is 4.98 Å². The third kappa shape index (κ3) is 3.54. The molecule has 1 amide bonds. The van der Waals surface area contributed by atoms with Gasteiger partial charge in [-0.3, -0.25) is 10.1 Å². The summed E-state index contributed by atoms with van der Waals surface area (Å²) in [6, 6.07) is 17.4. The number of carbonyl (C=O) groups excluding carboxylic acids is 1. The van der Waals surface area contributed by atoms with E-state index in [-0.39, 0.29) is 18.3 Å². The van der Waals surface area contributed by atoms with Crippen molar-refractivity contribution in [2.24, 2.45) is 0 Å². The maximum atomic E-state index is 12.1. The quantitative estimate of drug-likeness (QED) is 0.565. The van der Waals surface area contributed by atoms with Crippen molar-refractivity contribution in [1.29, 1.82) is 0 Å². The summed E-state index contributed by atoms with van der Waals surface area (Å²) in [4.78, 5) is 16.1. The van der Waals surface area contributed by atoms with Gasteiger partial charge < -0.3 is 9.15 Å². The lowest BCUT2D eigenvalue weighted by molar-refractivity contribution is 0.0992. The number of hydrogen-bond acceptors (Lipinski definition) is 5. The molecule has 124 valence electrons. The Morgan fingerprint density at radius 2 is 2.00 bits per heavy atom. The van der Waals surface area contributed by atoms with Gasteiger partial charge in [-0.1, -0.05) is 30.3 Å². The summed E-state index contributed by atoms with van der Waals surface area (Å²) in [7, 11) is 0. The molecule has 0 spiro atoms. The summed E-state index contributed by atoms with van der Waals surface area (Å²) in [5, 5.41) is 7.28. The molecule has 2 aromatic heterocycles. The molecular weight excluding hydrogens is 336 g/mol. The van der Waals surface area contributed by atoms with E-state index in [1.807, 2.05) is 36.4 Å². The number of thiazole rings is 1. The Balaban J connectivity index is 1.41. The highest BCUT2D eigenvalue weighted by Gasteiger charge is 2.13. The summed E-state index contributed by atoms with van der Waals surface area (Å²) in [6.45, 7) is 0.253. The Morgan fingerprint density at radius 3 is 2.84 bits per heavy atom. The fraction of sp³-hybridized carbons (Fsp3) is 0.0526. The lowest BCUT2D eigenvalue weighted by Crippen LogP contribution is -2.10. The van der Waals surface area contributed by atoms with E-state index in [2.05, 4.69) is 16.4 Å². The van der Waals surface area contributed by atoms with E-state index in [1.54, 1.807) is 23.7 Å². The molecule has 0 unspecified atom stereocenters. The number of rotatable bonds is 5. The highest BCUT2D eigenvalue weighted by molar-refractivity contribution is 7.13. The summed E-state index contributed by atoms with van der Waals surface area (Å²) >= 11 is 1.35. The number of nitrogens with one attached hydrogen (secondary N) is 1. The van der Waals surface area contributed by atoms with Gasteiger partial charge in [-0.15, -0.1) is 11.3 Å². The Bertz CT molecular complexity index is 1010. The molecule has 0 atom stereocenters. The van der Waals surface area contributed by atoms with E-state index in [4.69, 9.17) is 9.15 Å². The van der Waals surface area contributed by atoms with Crippen LogP contribution in [0.15, 0.2) is 70.6 Å². The van der Waals surface area contributed by atoms with E-state index in [0.29, 0.717) is 10.9 Å². The Morgan fingerprint density at radius 1 is 1.12 bits per heavy atom. The molecule has 0 fully saturated rings. The second kappa shape index (κ2) is 6.78. The normalized spacial score (nSPS) is 10.7. The van der Waals surface area contributed by atoms with Crippen molar-refractivity contribution >= 4 is 33.1 Å². The molecule has 0 bridgehead atoms. The van der Waals surface area contributed by atoms with Crippen molar-refractivity contribution in [2.75, 3.05) is 5.32 Å². The SMILES string of the molecule is O=C(Nc1nccs1)c1ccc(COc2ccc3ccccc3c2)o1. The smallest absolute Gasteiger partial charge is 0.293 e. The molecule has 0 saturated carbocycles. The van der Waals surface area contributed by atoms with Gasteiger partial charge >= 0.3 is 0 Å². The average Bonchev–Trinajstić information content (AvgIpc) is 3.31. The fourth-order valence-corrected chi connectivity index (χ4v) is 2.96. The van der Waals surface area contributed by atoms with Crippen LogP contribution in [0, 0.1) is 0 Å². The van der Waals surface area contributed by atoms with Crippen LogP contribution in [-0.4, -0.2) is 10.9 Å². The zero-order chi connectivity index (χ0) is 17.1. The number of fused-ring (bicyclic) bond motifs is 1. The molecule has 0 saturated heterocycles. The third-order valence-electron chi connectivity index (χ3n) is 3.64. The molecule has 4 aromatic rings. The van der Waals surface area contributed by atoms with E-state index in [0.717, 1.165) is 16.5 Å². The zero-order valence-electron chi connectivity index (χ0n) is 13.1. The van der Waals surface area contributed by atoms with Crippen molar-refractivity contribution in [2.45, 2.75) is 6.61 Å². The second-order valence-electron chi connectivity index (χ2n) is 5.35. The van der Waals surface area contributed by atoms with Crippen LogP contribution < -0.4 is 10.1 Å². The summed E-state index contributed by atoms with van der Waals surface area (Å²) in [5.41, 5.74) is 0. The van der Waals surface area contributed by atoms with Gasteiger partial charge in [0.25, 0.3) is 5.91 Å². The molecule has 6 heteroatoms. The first-order valence-electron chi connectivity index (χ1n) is 7.69.